The third-order valence-corrected chi connectivity index (χ3v) is 4.47. The molecule has 1 aromatic rings. The normalized spacial score (nSPS) is 18.0. The molecule has 0 bridgehead atoms. The van der Waals surface area contributed by atoms with Crippen LogP contribution >= 0.6 is 0 Å². The SMILES string of the molecule is O=C(NCC1=CCCOC1)c1cccc(C(=O)N2CCCCC2)c1. The highest BCUT2D eigenvalue weighted by molar-refractivity contribution is 5.99. The van der Waals surface area contributed by atoms with Crippen LogP contribution in [0.4, 0.5) is 0 Å². The Kier molecular flexibility index (Phi) is 5.64. The molecule has 1 saturated heterocycles. The summed E-state index contributed by atoms with van der Waals surface area (Å²) in [7, 11) is 0. The number of rotatable bonds is 4. The molecule has 5 heteroatoms. The van der Waals surface area contributed by atoms with Gasteiger partial charge >= 0.3 is 0 Å². The van der Waals surface area contributed by atoms with Gasteiger partial charge in [-0.1, -0.05) is 12.1 Å². The van der Waals surface area contributed by atoms with E-state index in [0.717, 1.165) is 44.5 Å². The van der Waals surface area contributed by atoms with E-state index in [1.165, 1.54) is 6.42 Å². The van der Waals surface area contributed by atoms with Crippen LogP contribution in [0.2, 0.25) is 0 Å². The molecule has 0 unspecified atom stereocenters. The second kappa shape index (κ2) is 8.11. The van der Waals surface area contributed by atoms with Crippen molar-refractivity contribution >= 4 is 11.8 Å². The van der Waals surface area contributed by atoms with E-state index in [1.54, 1.807) is 24.3 Å². The first-order valence-electron chi connectivity index (χ1n) is 8.67. The summed E-state index contributed by atoms with van der Waals surface area (Å²) in [4.78, 5) is 26.8. The van der Waals surface area contributed by atoms with Crippen LogP contribution in [0.1, 0.15) is 46.4 Å². The van der Waals surface area contributed by atoms with Gasteiger partial charge in [-0.3, -0.25) is 9.59 Å². The molecule has 5 nitrogen and oxygen atoms in total. The highest BCUT2D eigenvalue weighted by Gasteiger charge is 2.19. The molecule has 0 atom stereocenters. The second-order valence-electron chi connectivity index (χ2n) is 6.32. The quantitative estimate of drug-likeness (QED) is 0.864. The Balaban J connectivity index is 1.62. The number of nitrogens with one attached hydrogen (secondary N) is 1. The van der Waals surface area contributed by atoms with Gasteiger partial charge in [-0.05, 0) is 49.5 Å². The number of ether oxygens (including phenoxy) is 1. The van der Waals surface area contributed by atoms with Crippen LogP contribution in [0.15, 0.2) is 35.9 Å². The zero-order valence-electron chi connectivity index (χ0n) is 13.9. The smallest absolute Gasteiger partial charge is 0.253 e. The highest BCUT2D eigenvalue weighted by atomic mass is 16.5. The fraction of sp³-hybridized carbons (Fsp3) is 0.474. The Labute approximate surface area is 142 Å². The van der Waals surface area contributed by atoms with Gasteiger partial charge in [0.25, 0.3) is 11.8 Å². The van der Waals surface area contributed by atoms with Crippen molar-refractivity contribution in [2.45, 2.75) is 25.7 Å². The molecule has 0 spiro atoms. The van der Waals surface area contributed by atoms with Gasteiger partial charge in [0.15, 0.2) is 0 Å². The predicted octanol–water partition coefficient (Wildman–Crippen LogP) is 2.39. The first-order valence-corrected chi connectivity index (χ1v) is 8.67. The van der Waals surface area contributed by atoms with Crippen molar-refractivity contribution in [2.75, 3.05) is 32.8 Å². The van der Waals surface area contributed by atoms with E-state index in [9.17, 15) is 9.59 Å². The molecule has 2 heterocycles. The van der Waals surface area contributed by atoms with E-state index in [-0.39, 0.29) is 11.8 Å². The number of hydrogen-bond acceptors (Lipinski definition) is 3. The monoisotopic (exact) mass is 328 g/mol. The summed E-state index contributed by atoms with van der Waals surface area (Å²) >= 11 is 0. The average Bonchev–Trinajstić information content (AvgIpc) is 2.67. The zero-order chi connectivity index (χ0) is 16.8. The van der Waals surface area contributed by atoms with Crippen molar-refractivity contribution in [3.8, 4) is 0 Å². The van der Waals surface area contributed by atoms with Gasteiger partial charge in [-0.2, -0.15) is 0 Å². The average molecular weight is 328 g/mol. The minimum absolute atomic E-state index is 0.0211. The van der Waals surface area contributed by atoms with Gasteiger partial charge in [0.1, 0.15) is 0 Å². The summed E-state index contributed by atoms with van der Waals surface area (Å²) in [5.74, 6) is -0.137. The van der Waals surface area contributed by atoms with Crippen LogP contribution < -0.4 is 5.32 Å². The van der Waals surface area contributed by atoms with Crippen molar-refractivity contribution in [1.82, 2.24) is 10.2 Å². The van der Waals surface area contributed by atoms with Gasteiger partial charge in [0.2, 0.25) is 0 Å². The second-order valence-corrected chi connectivity index (χ2v) is 6.32. The molecule has 1 fully saturated rings. The Bertz CT molecular complexity index is 633. The first kappa shape index (κ1) is 16.7. The van der Waals surface area contributed by atoms with Gasteiger partial charge in [0.05, 0.1) is 13.2 Å². The molecule has 1 N–H and O–H groups in total. The number of nitrogens with zero attached hydrogens (tertiary/aromatic N) is 1. The summed E-state index contributed by atoms with van der Waals surface area (Å²) in [5.41, 5.74) is 2.20. The Morgan fingerprint density at radius 1 is 1.12 bits per heavy atom. The molecule has 2 aliphatic heterocycles. The minimum atomic E-state index is -0.158. The van der Waals surface area contributed by atoms with Gasteiger partial charge < -0.3 is 15.0 Å². The summed E-state index contributed by atoms with van der Waals surface area (Å²) in [6.07, 6.45) is 6.31. The number of likely N-dealkylation sites (tertiary alicyclic amines) is 1. The number of piperidine rings is 1. The summed E-state index contributed by atoms with van der Waals surface area (Å²) in [6.45, 7) is 3.43. The minimum Gasteiger partial charge on any atom is -0.377 e. The standard InChI is InChI=1S/C19H24N2O3/c22-18(20-13-15-6-5-11-24-14-15)16-7-4-8-17(12-16)19(23)21-9-2-1-3-10-21/h4,6-8,12H,1-3,5,9-11,13-14H2,(H,20,22). The largest absolute Gasteiger partial charge is 0.377 e. The van der Waals surface area contributed by atoms with Crippen molar-refractivity contribution in [1.29, 1.82) is 0 Å². The van der Waals surface area contributed by atoms with Crippen molar-refractivity contribution in [3.05, 3.63) is 47.0 Å². The maximum absolute atomic E-state index is 12.5. The lowest BCUT2D eigenvalue weighted by Gasteiger charge is -2.26. The lowest BCUT2D eigenvalue weighted by atomic mass is 10.1. The van der Waals surface area contributed by atoms with E-state index in [2.05, 4.69) is 11.4 Å². The zero-order valence-corrected chi connectivity index (χ0v) is 13.9. The van der Waals surface area contributed by atoms with Gasteiger partial charge in [0, 0.05) is 30.8 Å². The Hall–Kier alpha value is -2.14. The number of carbonyl (C=O) groups excluding carboxylic acids is 2. The molecule has 24 heavy (non-hydrogen) atoms. The molecular formula is C19H24N2O3. The maximum atomic E-state index is 12.5. The first-order chi connectivity index (χ1) is 11.7. The van der Waals surface area contributed by atoms with Crippen LogP contribution in [-0.2, 0) is 4.74 Å². The third-order valence-electron chi connectivity index (χ3n) is 4.47. The molecule has 3 rings (SSSR count). The van der Waals surface area contributed by atoms with Gasteiger partial charge in [-0.25, -0.2) is 0 Å². The number of benzene rings is 1. The van der Waals surface area contributed by atoms with Crippen LogP contribution in [0, 0.1) is 0 Å². The molecule has 0 aliphatic carbocycles. The maximum Gasteiger partial charge on any atom is 0.253 e. The molecule has 128 valence electrons. The lowest BCUT2D eigenvalue weighted by molar-refractivity contribution is 0.0724. The van der Waals surface area contributed by atoms with E-state index < -0.39 is 0 Å². The molecule has 0 saturated carbocycles. The van der Waals surface area contributed by atoms with Crippen molar-refractivity contribution in [3.63, 3.8) is 0 Å². The van der Waals surface area contributed by atoms with Crippen LogP contribution in [0.5, 0.6) is 0 Å². The molecule has 0 radical (unpaired) electrons. The molecule has 1 aromatic carbocycles. The van der Waals surface area contributed by atoms with Crippen LogP contribution in [0.3, 0.4) is 0 Å². The van der Waals surface area contributed by atoms with Crippen LogP contribution in [-0.4, -0.2) is 49.6 Å². The van der Waals surface area contributed by atoms with E-state index >= 15 is 0 Å². The van der Waals surface area contributed by atoms with E-state index in [4.69, 9.17) is 4.74 Å². The fourth-order valence-electron chi connectivity index (χ4n) is 3.10. The lowest BCUT2D eigenvalue weighted by Crippen LogP contribution is -2.35. The summed E-state index contributed by atoms with van der Waals surface area (Å²) < 4.78 is 5.37. The summed E-state index contributed by atoms with van der Waals surface area (Å²) in [6, 6.07) is 6.99. The summed E-state index contributed by atoms with van der Waals surface area (Å²) in [5, 5.41) is 2.90. The van der Waals surface area contributed by atoms with Crippen molar-refractivity contribution in [2.24, 2.45) is 0 Å². The Morgan fingerprint density at radius 3 is 2.67 bits per heavy atom. The highest BCUT2D eigenvalue weighted by Crippen LogP contribution is 2.14. The fourth-order valence-corrected chi connectivity index (χ4v) is 3.10. The third kappa shape index (κ3) is 4.23. The topological polar surface area (TPSA) is 58.6 Å². The number of carbonyl (C=O) groups is 2. The molecular weight excluding hydrogens is 304 g/mol. The van der Waals surface area contributed by atoms with E-state index in [0.29, 0.717) is 24.3 Å². The number of amides is 2. The van der Waals surface area contributed by atoms with E-state index in [1.807, 2.05) is 4.90 Å². The predicted molar refractivity (Wildman–Crippen MR) is 92.0 cm³/mol. The van der Waals surface area contributed by atoms with Crippen molar-refractivity contribution < 1.29 is 14.3 Å². The molecule has 0 aromatic heterocycles. The molecule has 2 aliphatic rings. The van der Waals surface area contributed by atoms with Crippen LogP contribution in [0.25, 0.3) is 0 Å². The number of hydrogen-bond donors (Lipinski definition) is 1. The van der Waals surface area contributed by atoms with Gasteiger partial charge in [-0.15, -0.1) is 0 Å². The molecule has 2 amide bonds. The Morgan fingerprint density at radius 2 is 1.92 bits per heavy atom.